The van der Waals surface area contributed by atoms with E-state index >= 15 is 0 Å². The summed E-state index contributed by atoms with van der Waals surface area (Å²) in [6.07, 6.45) is 1.76. The minimum absolute atomic E-state index is 0.142. The second-order valence-electron chi connectivity index (χ2n) is 2.90. The van der Waals surface area contributed by atoms with Crippen LogP contribution in [0.1, 0.15) is 17.3 Å². The van der Waals surface area contributed by atoms with Gasteiger partial charge in [-0.2, -0.15) is 11.3 Å². The van der Waals surface area contributed by atoms with Crippen LogP contribution in [0.3, 0.4) is 0 Å². The van der Waals surface area contributed by atoms with Crippen molar-refractivity contribution in [3.63, 3.8) is 0 Å². The highest BCUT2D eigenvalue weighted by Gasteiger charge is 2.13. The highest BCUT2D eigenvalue weighted by molar-refractivity contribution is 9.10. The molecule has 1 atom stereocenters. The molecule has 0 spiro atoms. The van der Waals surface area contributed by atoms with Crippen LogP contribution in [0.4, 0.5) is 0 Å². The number of nitrogens with zero attached hydrogens (tertiary/aromatic N) is 1. The zero-order valence-electron chi connectivity index (χ0n) is 7.35. The van der Waals surface area contributed by atoms with Gasteiger partial charge in [-0.25, -0.2) is 0 Å². The van der Waals surface area contributed by atoms with E-state index in [-0.39, 0.29) is 6.04 Å². The molecule has 2 rings (SSSR count). The van der Waals surface area contributed by atoms with Gasteiger partial charge in [0.1, 0.15) is 0 Å². The average molecular weight is 269 g/mol. The van der Waals surface area contributed by atoms with Gasteiger partial charge >= 0.3 is 0 Å². The monoisotopic (exact) mass is 268 g/mol. The molecule has 14 heavy (non-hydrogen) atoms. The van der Waals surface area contributed by atoms with Gasteiger partial charge < -0.3 is 5.73 Å². The Labute approximate surface area is 94.9 Å². The average Bonchev–Trinajstić information content (AvgIpc) is 2.70. The Bertz CT molecular complexity index is 414. The fourth-order valence-corrected chi connectivity index (χ4v) is 2.43. The molecule has 2 heterocycles. The van der Waals surface area contributed by atoms with Crippen molar-refractivity contribution >= 4 is 27.3 Å². The molecule has 4 heteroatoms. The van der Waals surface area contributed by atoms with Crippen LogP contribution < -0.4 is 5.73 Å². The number of thiophene rings is 1. The summed E-state index contributed by atoms with van der Waals surface area (Å²) >= 11 is 5.09. The molecule has 1 unspecified atom stereocenters. The van der Waals surface area contributed by atoms with E-state index in [4.69, 9.17) is 5.73 Å². The lowest BCUT2D eigenvalue weighted by Crippen LogP contribution is -2.13. The smallest absolute Gasteiger partial charge is 0.0758 e. The summed E-state index contributed by atoms with van der Waals surface area (Å²) in [5.41, 5.74) is 8.06. The SMILES string of the molecule is NC(c1ccsc1)c1ncccc1Br. The summed E-state index contributed by atoms with van der Waals surface area (Å²) < 4.78 is 0.957. The molecule has 2 aromatic rings. The molecule has 0 bridgehead atoms. The number of halogens is 1. The number of pyridine rings is 1. The molecular formula is C10H9BrN2S. The number of hydrogen-bond acceptors (Lipinski definition) is 3. The van der Waals surface area contributed by atoms with Gasteiger partial charge in [0, 0.05) is 10.7 Å². The predicted octanol–water partition coefficient (Wildman–Crippen LogP) is 2.95. The van der Waals surface area contributed by atoms with Crippen LogP contribution in [0.2, 0.25) is 0 Å². The number of rotatable bonds is 2. The van der Waals surface area contributed by atoms with Gasteiger partial charge in [-0.15, -0.1) is 0 Å². The summed E-state index contributed by atoms with van der Waals surface area (Å²) in [5.74, 6) is 0. The molecule has 2 aromatic heterocycles. The second kappa shape index (κ2) is 4.21. The number of aromatic nitrogens is 1. The number of hydrogen-bond donors (Lipinski definition) is 1. The van der Waals surface area contributed by atoms with E-state index in [1.807, 2.05) is 29.0 Å². The molecule has 0 radical (unpaired) electrons. The molecule has 0 aliphatic heterocycles. The summed E-state index contributed by atoms with van der Waals surface area (Å²) in [6.45, 7) is 0. The van der Waals surface area contributed by atoms with Gasteiger partial charge in [0.25, 0.3) is 0 Å². The second-order valence-corrected chi connectivity index (χ2v) is 4.54. The Kier molecular flexibility index (Phi) is 2.96. The Morgan fingerprint density at radius 2 is 2.29 bits per heavy atom. The fourth-order valence-electron chi connectivity index (χ4n) is 1.24. The van der Waals surface area contributed by atoms with Crippen molar-refractivity contribution in [1.29, 1.82) is 0 Å². The Morgan fingerprint density at radius 3 is 2.93 bits per heavy atom. The zero-order chi connectivity index (χ0) is 9.97. The topological polar surface area (TPSA) is 38.9 Å². The van der Waals surface area contributed by atoms with E-state index in [0.717, 1.165) is 15.7 Å². The maximum absolute atomic E-state index is 6.08. The molecule has 2 nitrogen and oxygen atoms in total. The van der Waals surface area contributed by atoms with Crippen LogP contribution >= 0.6 is 27.3 Å². The molecule has 0 saturated heterocycles. The van der Waals surface area contributed by atoms with E-state index in [1.165, 1.54) is 0 Å². The maximum Gasteiger partial charge on any atom is 0.0758 e. The molecule has 0 saturated carbocycles. The third-order valence-electron chi connectivity index (χ3n) is 1.98. The molecule has 72 valence electrons. The predicted molar refractivity (Wildman–Crippen MR) is 62.3 cm³/mol. The highest BCUT2D eigenvalue weighted by atomic mass is 79.9. The highest BCUT2D eigenvalue weighted by Crippen LogP contribution is 2.25. The molecule has 0 fully saturated rings. The van der Waals surface area contributed by atoms with Gasteiger partial charge in [-0.3, -0.25) is 4.98 Å². The first kappa shape index (κ1) is 9.83. The normalized spacial score (nSPS) is 12.7. The van der Waals surface area contributed by atoms with Crippen molar-refractivity contribution in [2.45, 2.75) is 6.04 Å². The molecule has 0 aliphatic rings. The standard InChI is InChI=1S/C10H9BrN2S/c11-8-2-1-4-13-10(8)9(12)7-3-5-14-6-7/h1-6,9H,12H2. The van der Waals surface area contributed by atoms with Crippen LogP contribution in [0.15, 0.2) is 39.6 Å². The van der Waals surface area contributed by atoms with Crippen LogP contribution in [-0.2, 0) is 0 Å². The molecule has 0 aliphatic carbocycles. The summed E-state index contributed by atoms with van der Waals surface area (Å²) in [6, 6.07) is 5.72. The Balaban J connectivity index is 2.37. The molecule has 2 N–H and O–H groups in total. The Hall–Kier alpha value is -0.710. The number of nitrogens with two attached hydrogens (primary N) is 1. The minimum atomic E-state index is -0.142. The zero-order valence-corrected chi connectivity index (χ0v) is 9.75. The third kappa shape index (κ3) is 1.87. The van der Waals surface area contributed by atoms with E-state index in [1.54, 1.807) is 17.5 Å². The summed E-state index contributed by atoms with van der Waals surface area (Å²) in [4.78, 5) is 4.27. The molecular weight excluding hydrogens is 260 g/mol. The van der Waals surface area contributed by atoms with Crippen molar-refractivity contribution in [3.05, 3.63) is 50.9 Å². The largest absolute Gasteiger partial charge is 0.319 e. The van der Waals surface area contributed by atoms with Crippen molar-refractivity contribution in [1.82, 2.24) is 4.98 Å². The maximum atomic E-state index is 6.08. The van der Waals surface area contributed by atoms with Gasteiger partial charge in [-0.05, 0) is 50.5 Å². The van der Waals surface area contributed by atoms with E-state index in [2.05, 4.69) is 20.9 Å². The van der Waals surface area contributed by atoms with Crippen molar-refractivity contribution in [3.8, 4) is 0 Å². The van der Waals surface area contributed by atoms with Crippen molar-refractivity contribution in [2.24, 2.45) is 5.73 Å². The van der Waals surface area contributed by atoms with Crippen molar-refractivity contribution < 1.29 is 0 Å². The minimum Gasteiger partial charge on any atom is -0.319 e. The lowest BCUT2D eigenvalue weighted by atomic mass is 10.1. The summed E-state index contributed by atoms with van der Waals surface area (Å²) in [7, 11) is 0. The van der Waals surface area contributed by atoms with Crippen LogP contribution in [0.5, 0.6) is 0 Å². The van der Waals surface area contributed by atoms with Gasteiger partial charge in [0.05, 0.1) is 11.7 Å². The third-order valence-corrected chi connectivity index (χ3v) is 3.36. The van der Waals surface area contributed by atoms with Crippen LogP contribution in [0, 0.1) is 0 Å². The molecule has 0 aromatic carbocycles. The van der Waals surface area contributed by atoms with Crippen LogP contribution in [-0.4, -0.2) is 4.98 Å². The first-order valence-electron chi connectivity index (χ1n) is 4.17. The lowest BCUT2D eigenvalue weighted by molar-refractivity contribution is 0.826. The van der Waals surface area contributed by atoms with Gasteiger partial charge in [0.15, 0.2) is 0 Å². The quantitative estimate of drug-likeness (QED) is 0.910. The van der Waals surface area contributed by atoms with E-state index < -0.39 is 0 Å². The first-order chi connectivity index (χ1) is 6.79. The van der Waals surface area contributed by atoms with Crippen LogP contribution in [0.25, 0.3) is 0 Å². The molecule has 0 amide bonds. The first-order valence-corrected chi connectivity index (χ1v) is 5.90. The lowest BCUT2D eigenvalue weighted by Gasteiger charge is -2.10. The van der Waals surface area contributed by atoms with E-state index in [9.17, 15) is 0 Å². The van der Waals surface area contributed by atoms with Gasteiger partial charge in [0.2, 0.25) is 0 Å². The van der Waals surface area contributed by atoms with Crippen molar-refractivity contribution in [2.75, 3.05) is 0 Å². The Morgan fingerprint density at radius 1 is 1.43 bits per heavy atom. The fraction of sp³-hybridized carbons (Fsp3) is 0.100. The van der Waals surface area contributed by atoms with Gasteiger partial charge in [-0.1, -0.05) is 0 Å². The summed E-state index contributed by atoms with van der Waals surface area (Å²) in [5, 5.41) is 4.07. The van der Waals surface area contributed by atoms with E-state index in [0.29, 0.717) is 0 Å².